The summed E-state index contributed by atoms with van der Waals surface area (Å²) in [7, 11) is 0. The van der Waals surface area contributed by atoms with Crippen molar-refractivity contribution in [1.29, 1.82) is 0 Å². The Hall–Kier alpha value is -2.46. The normalized spacial score (nSPS) is 11.6. The number of imidazole rings is 1. The predicted molar refractivity (Wildman–Crippen MR) is 93.8 cm³/mol. The van der Waals surface area contributed by atoms with Crippen molar-refractivity contribution in [2.75, 3.05) is 0 Å². The van der Waals surface area contributed by atoms with Gasteiger partial charge in [-0.1, -0.05) is 55.8 Å². The SMILES string of the molecule is CCCCc1nc2cc(C=Cc3ccccc3)c(CO)nc2[nH]1. The largest absolute Gasteiger partial charge is 0.390 e. The van der Waals surface area contributed by atoms with Crippen LogP contribution >= 0.6 is 0 Å². The van der Waals surface area contributed by atoms with Gasteiger partial charge < -0.3 is 10.1 Å². The number of nitrogens with one attached hydrogen (secondary N) is 1. The third kappa shape index (κ3) is 3.66. The Labute approximate surface area is 135 Å². The predicted octanol–water partition coefficient (Wildman–Crippen LogP) is 3.96. The highest BCUT2D eigenvalue weighted by Gasteiger charge is 2.08. The molecule has 2 aromatic heterocycles. The number of aliphatic hydroxyl groups excluding tert-OH is 1. The minimum Gasteiger partial charge on any atom is -0.390 e. The number of hydrogen-bond acceptors (Lipinski definition) is 3. The van der Waals surface area contributed by atoms with Gasteiger partial charge in [0.1, 0.15) is 11.3 Å². The van der Waals surface area contributed by atoms with Gasteiger partial charge in [-0.25, -0.2) is 9.97 Å². The summed E-state index contributed by atoms with van der Waals surface area (Å²) in [5, 5.41) is 9.59. The molecule has 0 aliphatic heterocycles. The van der Waals surface area contributed by atoms with Crippen molar-refractivity contribution < 1.29 is 5.11 Å². The van der Waals surface area contributed by atoms with E-state index < -0.39 is 0 Å². The molecule has 0 fully saturated rings. The van der Waals surface area contributed by atoms with Crippen LogP contribution in [0, 0.1) is 0 Å². The minimum absolute atomic E-state index is 0.0896. The van der Waals surface area contributed by atoms with E-state index in [1.807, 2.05) is 48.6 Å². The van der Waals surface area contributed by atoms with E-state index in [-0.39, 0.29) is 6.61 Å². The number of aliphatic hydroxyl groups is 1. The Bertz CT molecular complexity index is 806. The Morgan fingerprint density at radius 1 is 1.13 bits per heavy atom. The van der Waals surface area contributed by atoms with Gasteiger partial charge in [0, 0.05) is 12.0 Å². The van der Waals surface area contributed by atoms with Crippen molar-refractivity contribution in [1.82, 2.24) is 15.0 Å². The van der Waals surface area contributed by atoms with E-state index in [1.54, 1.807) is 0 Å². The summed E-state index contributed by atoms with van der Waals surface area (Å²) >= 11 is 0. The Morgan fingerprint density at radius 2 is 1.96 bits per heavy atom. The second-order valence-corrected chi connectivity index (χ2v) is 5.58. The molecule has 3 aromatic rings. The van der Waals surface area contributed by atoms with Crippen LogP contribution in [-0.2, 0) is 13.0 Å². The first-order valence-electron chi connectivity index (χ1n) is 8.02. The molecule has 0 aliphatic rings. The van der Waals surface area contributed by atoms with Gasteiger partial charge >= 0.3 is 0 Å². The number of benzene rings is 1. The lowest BCUT2D eigenvalue weighted by atomic mass is 10.1. The first-order chi connectivity index (χ1) is 11.3. The summed E-state index contributed by atoms with van der Waals surface area (Å²) in [6, 6.07) is 12.1. The number of hydrogen-bond donors (Lipinski definition) is 2. The zero-order valence-electron chi connectivity index (χ0n) is 13.3. The third-order valence-corrected chi connectivity index (χ3v) is 3.80. The van der Waals surface area contributed by atoms with Gasteiger partial charge in [-0.3, -0.25) is 0 Å². The number of pyridine rings is 1. The van der Waals surface area contributed by atoms with Gasteiger partial charge in [-0.2, -0.15) is 0 Å². The molecule has 0 saturated carbocycles. The highest BCUT2D eigenvalue weighted by molar-refractivity contribution is 5.78. The van der Waals surface area contributed by atoms with Crippen molar-refractivity contribution >= 4 is 23.3 Å². The molecule has 23 heavy (non-hydrogen) atoms. The van der Waals surface area contributed by atoms with Gasteiger partial charge in [0.2, 0.25) is 0 Å². The number of rotatable bonds is 6. The van der Waals surface area contributed by atoms with E-state index in [4.69, 9.17) is 0 Å². The summed E-state index contributed by atoms with van der Waals surface area (Å²) in [4.78, 5) is 12.4. The van der Waals surface area contributed by atoms with E-state index in [0.29, 0.717) is 5.69 Å². The van der Waals surface area contributed by atoms with Crippen LogP contribution in [0.15, 0.2) is 36.4 Å². The van der Waals surface area contributed by atoms with Gasteiger partial charge in [-0.05, 0) is 18.1 Å². The summed E-state index contributed by atoms with van der Waals surface area (Å²) in [6.07, 6.45) is 7.17. The standard InChI is InChI=1S/C19H21N3O/c1-2-3-9-18-20-16-12-15(17(13-23)21-19(16)22-18)11-10-14-7-5-4-6-8-14/h4-8,10-12,23H,2-3,9,13H2,1H3,(H,20,21,22). The van der Waals surface area contributed by atoms with Gasteiger partial charge in [0.15, 0.2) is 5.65 Å². The molecule has 4 heteroatoms. The number of aryl methyl sites for hydroxylation is 1. The van der Waals surface area contributed by atoms with Crippen molar-refractivity contribution in [3.63, 3.8) is 0 Å². The number of unbranched alkanes of at least 4 members (excludes halogenated alkanes) is 1. The first kappa shape index (κ1) is 15.4. The van der Waals surface area contributed by atoms with E-state index in [2.05, 4.69) is 21.9 Å². The lowest BCUT2D eigenvalue weighted by Crippen LogP contribution is -1.94. The molecule has 0 unspecified atom stereocenters. The maximum atomic E-state index is 9.59. The summed E-state index contributed by atoms with van der Waals surface area (Å²) < 4.78 is 0. The molecule has 118 valence electrons. The molecule has 3 rings (SSSR count). The van der Waals surface area contributed by atoms with Crippen LogP contribution in [0.1, 0.15) is 42.4 Å². The molecule has 2 N–H and O–H groups in total. The average Bonchev–Trinajstić information content (AvgIpc) is 2.99. The van der Waals surface area contributed by atoms with Crippen molar-refractivity contribution in [3.8, 4) is 0 Å². The van der Waals surface area contributed by atoms with Crippen LogP contribution < -0.4 is 0 Å². The smallest absolute Gasteiger partial charge is 0.157 e. The van der Waals surface area contributed by atoms with Crippen LogP contribution in [0.25, 0.3) is 23.3 Å². The fourth-order valence-corrected chi connectivity index (χ4v) is 2.53. The molecule has 0 bridgehead atoms. The summed E-state index contributed by atoms with van der Waals surface area (Å²) in [6.45, 7) is 2.07. The Morgan fingerprint density at radius 3 is 2.70 bits per heavy atom. The minimum atomic E-state index is -0.0896. The molecule has 1 aromatic carbocycles. The second-order valence-electron chi connectivity index (χ2n) is 5.58. The van der Waals surface area contributed by atoms with E-state index in [0.717, 1.165) is 47.4 Å². The molecular formula is C19H21N3O. The average molecular weight is 307 g/mol. The molecule has 0 spiro atoms. The molecule has 0 radical (unpaired) electrons. The Balaban J connectivity index is 1.93. The molecular weight excluding hydrogens is 286 g/mol. The topological polar surface area (TPSA) is 61.8 Å². The number of H-pyrrole nitrogens is 1. The third-order valence-electron chi connectivity index (χ3n) is 3.80. The molecule has 0 saturated heterocycles. The monoisotopic (exact) mass is 307 g/mol. The number of fused-ring (bicyclic) bond motifs is 1. The van der Waals surface area contributed by atoms with Gasteiger partial charge in [0.05, 0.1) is 12.3 Å². The molecule has 0 aliphatic carbocycles. The zero-order chi connectivity index (χ0) is 16.1. The Kier molecular flexibility index (Phi) is 4.83. The second kappa shape index (κ2) is 7.20. The zero-order valence-corrected chi connectivity index (χ0v) is 13.3. The van der Waals surface area contributed by atoms with Crippen molar-refractivity contribution in [3.05, 3.63) is 59.0 Å². The van der Waals surface area contributed by atoms with Crippen LogP contribution in [0.3, 0.4) is 0 Å². The fourth-order valence-electron chi connectivity index (χ4n) is 2.53. The van der Waals surface area contributed by atoms with Crippen LogP contribution in [0.4, 0.5) is 0 Å². The van der Waals surface area contributed by atoms with Crippen LogP contribution in [-0.4, -0.2) is 20.1 Å². The van der Waals surface area contributed by atoms with Gasteiger partial charge in [0.25, 0.3) is 0 Å². The first-order valence-corrected chi connectivity index (χ1v) is 8.02. The quantitative estimate of drug-likeness (QED) is 0.724. The van der Waals surface area contributed by atoms with Crippen molar-refractivity contribution in [2.24, 2.45) is 0 Å². The number of nitrogens with zero attached hydrogens (tertiary/aromatic N) is 2. The highest BCUT2D eigenvalue weighted by atomic mass is 16.3. The number of aromatic nitrogens is 3. The molecule has 0 atom stereocenters. The van der Waals surface area contributed by atoms with E-state index in [9.17, 15) is 5.11 Å². The van der Waals surface area contributed by atoms with Crippen LogP contribution in [0.2, 0.25) is 0 Å². The summed E-state index contributed by atoms with van der Waals surface area (Å²) in [5.41, 5.74) is 4.27. The van der Waals surface area contributed by atoms with E-state index >= 15 is 0 Å². The summed E-state index contributed by atoms with van der Waals surface area (Å²) in [5.74, 6) is 0.961. The molecule has 0 amide bonds. The fraction of sp³-hybridized carbons (Fsp3) is 0.263. The highest BCUT2D eigenvalue weighted by Crippen LogP contribution is 2.18. The van der Waals surface area contributed by atoms with Crippen LogP contribution in [0.5, 0.6) is 0 Å². The van der Waals surface area contributed by atoms with Gasteiger partial charge in [-0.15, -0.1) is 0 Å². The maximum Gasteiger partial charge on any atom is 0.157 e. The van der Waals surface area contributed by atoms with Crippen molar-refractivity contribution in [2.45, 2.75) is 32.8 Å². The van der Waals surface area contributed by atoms with E-state index in [1.165, 1.54) is 0 Å². The lowest BCUT2D eigenvalue weighted by Gasteiger charge is -2.02. The number of aromatic amines is 1. The maximum absolute atomic E-state index is 9.59. The molecule has 4 nitrogen and oxygen atoms in total. The lowest BCUT2D eigenvalue weighted by molar-refractivity contribution is 0.277. The molecule has 2 heterocycles.